The second-order valence-corrected chi connectivity index (χ2v) is 6.58. The second kappa shape index (κ2) is 5.31. The first-order valence-corrected chi connectivity index (χ1v) is 8.38. The number of hydrogen-bond donors (Lipinski definition) is 0. The number of hydrogen-bond acceptors (Lipinski definition) is 4. The zero-order valence-electron chi connectivity index (χ0n) is 12.3. The highest BCUT2D eigenvalue weighted by molar-refractivity contribution is 7.12. The fraction of sp³-hybridized carbons (Fsp3) is 0.235. The monoisotopic (exact) mass is 326 g/mol. The van der Waals surface area contributed by atoms with Crippen LogP contribution in [0.15, 0.2) is 41.8 Å². The number of rotatable bonds is 1. The van der Waals surface area contributed by atoms with Crippen LogP contribution in [0.1, 0.15) is 32.9 Å². The Morgan fingerprint density at radius 1 is 1.13 bits per heavy atom. The molecule has 0 aliphatic carbocycles. The highest BCUT2D eigenvalue weighted by atomic mass is 32.1. The molecule has 1 unspecified atom stereocenters. The minimum absolute atomic E-state index is 0.169. The third-order valence-electron chi connectivity index (χ3n) is 4.33. The molecule has 2 aliphatic heterocycles. The summed E-state index contributed by atoms with van der Waals surface area (Å²) < 4.78 is 0. The van der Waals surface area contributed by atoms with Gasteiger partial charge in [0.25, 0.3) is 17.7 Å². The number of imide groups is 1. The first kappa shape index (κ1) is 14.1. The number of benzene rings is 1. The third-order valence-corrected chi connectivity index (χ3v) is 5.19. The predicted molar refractivity (Wildman–Crippen MR) is 86.6 cm³/mol. The number of amides is 3. The van der Waals surface area contributed by atoms with Gasteiger partial charge in [-0.15, -0.1) is 11.3 Å². The highest BCUT2D eigenvalue weighted by Gasteiger charge is 2.44. The van der Waals surface area contributed by atoms with Gasteiger partial charge in [-0.1, -0.05) is 18.2 Å². The van der Waals surface area contributed by atoms with Crippen molar-refractivity contribution in [1.82, 2.24) is 4.90 Å². The van der Waals surface area contributed by atoms with Gasteiger partial charge in [0.15, 0.2) is 0 Å². The van der Waals surface area contributed by atoms with Crippen LogP contribution >= 0.6 is 11.3 Å². The van der Waals surface area contributed by atoms with Crippen molar-refractivity contribution in [2.75, 3.05) is 11.4 Å². The molecule has 0 radical (unpaired) electrons. The van der Waals surface area contributed by atoms with Gasteiger partial charge in [0.2, 0.25) is 0 Å². The van der Waals surface area contributed by atoms with E-state index >= 15 is 0 Å². The molecule has 116 valence electrons. The van der Waals surface area contributed by atoms with Gasteiger partial charge in [0.1, 0.15) is 6.04 Å². The predicted octanol–water partition coefficient (Wildman–Crippen LogP) is 2.54. The SMILES string of the molecule is O=C(c1cccs1)N1C(=O)C2CCCN2C(=O)c2ccccc21. The molecule has 6 heteroatoms. The van der Waals surface area contributed by atoms with Gasteiger partial charge in [-0.2, -0.15) is 0 Å². The van der Waals surface area contributed by atoms with Gasteiger partial charge < -0.3 is 4.90 Å². The van der Waals surface area contributed by atoms with Gasteiger partial charge in [-0.25, -0.2) is 4.90 Å². The lowest BCUT2D eigenvalue weighted by atomic mass is 10.1. The summed E-state index contributed by atoms with van der Waals surface area (Å²) in [6.07, 6.45) is 1.39. The molecule has 1 aromatic heterocycles. The van der Waals surface area contributed by atoms with Crippen molar-refractivity contribution in [1.29, 1.82) is 0 Å². The van der Waals surface area contributed by atoms with E-state index in [-0.39, 0.29) is 17.7 Å². The summed E-state index contributed by atoms with van der Waals surface area (Å²) in [6, 6.07) is 9.77. The number of anilines is 1. The van der Waals surface area contributed by atoms with Crippen molar-refractivity contribution in [3.8, 4) is 0 Å². The summed E-state index contributed by atoms with van der Waals surface area (Å²) in [5.41, 5.74) is 0.797. The van der Waals surface area contributed by atoms with Crippen LogP contribution in [0, 0.1) is 0 Å². The average Bonchev–Trinajstić information content (AvgIpc) is 3.24. The molecule has 1 saturated heterocycles. The van der Waals surface area contributed by atoms with E-state index in [2.05, 4.69) is 0 Å². The molecule has 2 aliphatic rings. The van der Waals surface area contributed by atoms with Crippen LogP contribution in [0.4, 0.5) is 5.69 Å². The van der Waals surface area contributed by atoms with Crippen LogP contribution in [0.2, 0.25) is 0 Å². The minimum atomic E-state index is -0.543. The van der Waals surface area contributed by atoms with E-state index in [1.54, 1.807) is 46.7 Å². The maximum atomic E-state index is 13.0. The number of fused-ring (bicyclic) bond motifs is 2. The van der Waals surface area contributed by atoms with Crippen LogP contribution in [-0.4, -0.2) is 35.2 Å². The highest BCUT2D eigenvalue weighted by Crippen LogP contribution is 2.33. The van der Waals surface area contributed by atoms with Crippen LogP contribution in [-0.2, 0) is 4.79 Å². The quantitative estimate of drug-likeness (QED) is 0.757. The Balaban J connectivity index is 1.89. The van der Waals surface area contributed by atoms with Gasteiger partial charge in [0.05, 0.1) is 16.1 Å². The second-order valence-electron chi connectivity index (χ2n) is 5.63. The van der Waals surface area contributed by atoms with Crippen LogP contribution in [0.5, 0.6) is 0 Å². The number of nitrogens with zero attached hydrogens (tertiary/aromatic N) is 2. The molecule has 1 atom stereocenters. The van der Waals surface area contributed by atoms with Crippen LogP contribution in [0.25, 0.3) is 0 Å². The van der Waals surface area contributed by atoms with E-state index in [1.807, 2.05) is 0 Å². The van der Waals surface area contributed by atoms with Crippen molar-refractivity contribution < 1.29 is 14.4 Å². The largest absolute Gasteiger partial charge is 0.327 e. The van der Waals surface area contributed by atoms with E-state index in [0.717, 1.165) is 6.42 Å². The van der Waals surface area contributed by atoms with Gasteiger partial charge in [-0.3, -0.25) is 14.4 Å². The molecule has 1 fully saturated rings. The number of carbonyl (C=O) groups excluding carboxylic acids is 3. The zero-order valence-corrected chi connectivity index (χ0v) is 13.1. The molecule has 2 aromatic rings. The molecule has 23 heavy (non-hydrogen) atoms. The van der Waals surface area contributed by atoms with Crippen molar-refractivity contribution in [3.05, 3.63) is 52.2 Å². The molecule has 0 saturated carbocycles. The molecule has 3 amide bonds. The van der Waals surface area contributed by atoms with Crippen molar-refractivity contribution >= 4 is 34.7 Å². The van der Waals surface area contributed by atoms with Crippen LogP contribution in [0.3, 0.4) is 0 Å². The molecular formula is C17H14N2O3S. The summed E-state index contributed by atoms with van der Waals surface area (Å²) in [6.45, 7) is 0.560. The summed E-state index contributed by atoms with van der Waals surface area (Å²) in [5, 5.41) is 1.80. The third kappa shape index (κ3) is 2.09. The lowest BCUT2D eigenvalue weighted by Gasteiger charge is -2.24. The Kier molecular flexibility index (Phi) is 3.27. The lowest BCUT2D eigenvalue weighted by Crippen LogP contribution is -2.47. The molecule has 5 nitrogen and oxygen atoms in total. The topological polar surface area (TPSA) is 57.7 Å². The van der Waals surface area contributed by atoms with Crippen molar-refractivity contribution in [3.63, 3.8) is 0 Å². The van der Waals surface area contributed by atoms with E-state index < -0.39 is 6.04 Å². The smallest absolute Gasteiger partial charge is 0.275 e. The van der Waals surface area contributed by atoms with Gasteiger partial charge >= 0.3 is 0 Å². The van der Waals surface area contributed by atoms with Crippen LogP contribution < -0.4 is 4.90 Å². The van der Waals surface area contributed by atoms with Crippen molar-refractivity contribution in [2.45, 2.75) is 18.9 Å². The molecular weight excluding hydrogens is 312 g/mol. The Morgan fingerprint density at radius 3 is 2.74 bits per heavy atom. The maximum absolute atomic E-state index is 13.0. The fourth-order valence-corrected chi connectivity index (χ4v) is 3.91. The maximum Gasteiger partial charge on any atom is 0.275 e. The standard InChI is InChI=1S/C17H14N2O3S/c20-15-11-5-1-2-6-12(11)19(17(22)14-8-4-10-23-14)16(21)13-7-3-9-18(13)15/h1-2,4-6,8,10,13H,3,7,9H2. The van der Waals surface area contributed by atoms with E-state index in [4.69, 9.17) is 0 Å². The summed E-state index contributed by atoms with van der Waals surface area (Å²) in [7, 11) is 0. The van der Waals surface area contributed by atoms with E-state index in [9.17, 15) is 14.4 Å². The number of carbonyl (C=O) groups is 3. The van der Waals surface area contributed by atoms with Gasteiger partial charge in [-0.05, 0) is 36.4 Å². The van der Waals surface area contributed by atoms with Crippen molar-refractivity contribution in [2.24, 2.45) is 0 Å². The Labute approximate surface area is 137 Å². The Morgan fingerprint density at radius 2 is 1.96 bits per heavy atom. The zero-order chi connectivity index (χ0) is 16.0. The molecule has 1 aromatic carbocycles. The lowest BCUT2D eigenvalue weighted by molar-refractivity contribution is -0.121. The number of para-hydroxylation sites is 1. The fourth-order valence-electron chi connectivity index (χ4n) is 3.26. The number of thiophene rings is 1. The van der Waals surface area contributed by atoms with E-state index in [0.29, 0.717) is 29.1 Å². The summed E-state index contributed by atoms with van der Waals surface area (Å²) >= 11 is 1.29. The Bertz CT molecular complexity index is 800. The Hall–Kier alpha value is -2.47. The first-order valence-electron chi connectivity index (χ1n) is 7.50. The summed E-state index contributed by atoms with van der Waals surface area (Å²) in [5.74, 6) is -0.837. The molecule has 4 rings (SSSR count). The van der Waals surface area contributed by atoms with Gasteiger partial charge in [0, 0.05) is 6.54 Å². The molecule has 0 bridgehead atoms. The first-order chi connectivity index (χ1) is 11.2. The average molecular weight is 326 g/mol. The van der Waals surface area contributed by atoms with E-state index in [1.165, 1.54) is 16.2 Å². The molecule has 0 N–H and O–H groups in total. The molecule has 0 spiro atoms. The normalized spacial score (nSPS) is 20.3. The summed E-state index contributed by atoms with van der Waals surface area (Å²) in [4.78, 5) is 41.9. The molecule has 3 heterocycles. The minimum Gasteiger partial charge on any atom is -0.327 e.